The average molecular weight is 512 g/mol. The topological polar surface area (TPSA) is 143 Å². The molecule has 3 aromatic rings. The lowest BCUT2D eigenvalue weighted by molar-refractivity contribution is 0.122. The number of sulfonamides is 1. The Labute approximate surface area is 210 Å². The first kappa shape index (κ1) is 24.3. The Morgan fingerprint density at radius 2 is 1.69 bits per heavy atom. The number of nitrogens with two attached hydrogens (primary N) is 1. The van der Waals surface area contributed by atoms with E-state index in [0.717, 1.165) is 0 Å². The number of nitrogens with one attached hydrogen (secondary N) is 1. The van der Waals surface area contributed by atoms with E-state index in [1.54, 1.807) is 36.7 Å². The maximum atomic E-state index is 13.2. The summed E-state index contributed by atoms with van der Waals surface area (Å²) in [4.78, 5) is 22.0. The van der Waals surface area contributed by atoms with Crippen LogP contribution in [0.2, 0.25) is 0 Å². The molecule has 2 fully saturated rings. The number of nitrogens with zero attached hydrogens (tertiary/aromatic N) is 7. The minimum Gasteiger partial charge on any atom is -0.378 e. The van der Waals surface area contributed by atoms with Gasteiger partial charge in [-0.3, -0.25) is 0 Å². The number of anilines is 4. The zero-order chi connectivity index (χ0) is 25.1. The normalized spacial score (nSPS) is 17.8. The molecule has 36 heavy (non-hydrogen) atoms. The van der Waals surface area contributed by atoms with Gasteiger partial charge in [-0.25, -0.2) is 23.4 Å². The summed E-state index contributed by atoms with van der Waals surface area (Å²) < 4.78 is 33.5. The van der Waals surface area contributed by atoms with Crippen molar-refractivity contribution in [3.05, 3.63) is 42.7 Å². The second kappa shape index (κ2) is 10.3. The summed E-state index contributed by atoms with van der Waals surface area (Å²) in [6, 6.07) is 8.57. The van der Waals surface area contributed by atoms with Crippen LogP contribution in [0.4, 0.5) is 23.4 Å². The SMILES string of the molecule is CN1CCN(S(=O)(=O)c2cccc(Nc3cc(-c4cnc(N)nc4)nc(N4CCOCC4)n3)c2)CC1. The number of hydrogen-bond acceptors (Lipinski definition) is 11. The molecule has 13 heteroatoms. The molecule has 0 amide bonds. The smallest absolute Gasteiger partial charge is 0.243 e. The van der Waals surface area contributed by atoms with Gasteiger partial charge in [-0.05, 0) is 25.2 Å². The molecule has 190 valence electrons. The Balaban J connectivity index is 1.45. The van der Waals surface area contributed by atoms with Gasteiger partial charge < -0.3 is 25.6 Å². The maximum Gasteiger partial charge on any atom is 0.243 e. The first-order valence-electron chi connectivity index (χ1n) is 11.7. The van der Waals surface area contributed by atoms with Gasteiger partial charge in [0.15, 0.2) is 0 Å². The number of aromatic nitrogens is 4. The molecule has 3 N–H and O–H groups in total. The number of morpholine rings is 1. The summed E-state index contributed by atoms with van der Waals surface area (Å²) in [7, 11) is -1.61. The summed E-state index contributed by atoms with van der Waals surface area (Å²) in [5.74, 6) is 1.24. The van der Waals surface area contributed by atoms with Crippen molar-refractivity contribution in [3.63, 3.8) is 0 Å². The Kier molecular flexibility index (Phi) is 6.96. The highest BCUT2D eigenvalue weighted by molar-refractivity contribution is 7.89. The van der Waals surface area contributed by atoms with Crippen molar-refractivity contribution in [2.75, 3.05) is 75.5 Å². The van der Waals surface area contributed by atoms with Crippen molar-refractivity contribution in [1.29, 1.82) is 0 Å². The third-order valence-electron chi connectivity index (χ3n) is 6.18. The van der Waals surface area contributed by atoms with Crippen LogP contribution in [0.15, 0.2) is 47.6 Å². The highest BCUT2D eigenvalue weighted by Gasteiger charge is 2.27. The van der Waals surface area contributed by atoms with E-state index >= 15 is 0 Å². The highest BCUT2D eigenvalue weighted by Crippen LogP contribution is 2.27. The molecule has 0 atom stereocenters. The Morgan fingerprint density at radius 1 is 0.972 bits per heavy atom. The van der Waals surface area contributed by atoms with Crippen molar-refractivity contribution >= 4 is 33.4 Å². The van der Waals surface area contributed by atoms with E-state index in [2.05, 4.69) is 20.2 Å². The molecule has 4 heterocycles. The fraction of sp³-hybridized carbons (Fsp3) is 0.391. The first-order valence-corrected chi connectivity index (χ1v) is 13.2. The van der Waals surface area contributed by atoms with Crippen LogP contribution in [0.1, 0.15) is 0 Å². The maximum absolute atomic E-state index is 13.2. The van der Waals surface area contributed by atoms with Gasteiger partial charge in [0, 0.05) is 69.0 Å². The molecule has 1 aromatic carbocycles. The van der Waals surface area contributed by atoms with Crippen LogP contribution in [0.3, 0.4) is 0 Å². The summed E-state index contributed by atoms with van der Waals surface area (Å²) in [5, 5.41) is 3.26. The largest absolute Gasteiger partial charge is 0.378 e. The predicted octanol–water partition coefficient (Wildman–Crippen LogP) is 1.03. The van der Waals surface area contributed by atoms with E-state index in [-0.39, 0.29) is 10.8 Å². The number of ether oxygens (including phenoxy) is 1. The molecule has 5 rings (SSSR count). The lowest BCUT2D eigenvalue weighted by Crippen LogP contribution is -2.47. The number of benzene rings is 1. The van der Waals surface area contributed by atoms with Gasteiger partial charge in [0.25, 0.3) is 0 Å². The fourth-order valence-electron chi connectivity index (χ4n) is 4.08. The number of hydrogen-bond donors (Lipinski definition) is 2. The highest BCUT2D eigenvalue weighted by atomic mass is 32.2. The van der Waals surface area contributed by atoms with Gasteiger partial charge in [0.1, 0.15) is 5.82 Å². The molecule has 2 aromatic heterocycles. The molecule has 2 saturated heterocycles. The second-order valence-electron chi connectivity index (χ2n) is 8.73. The molecular formula is C23H29N9O3S. The molecule has 0 radical (unpaired) electrons. The minimum atomic E-state index is -3.60. The molecular weight excluding hydrogens is 482 g/mol. The van der Waals surface area contributed by atoms with Crippen molar-refractivity contribution in [2.45, 2.75) is 4.90 Å². The predicted molar refractivity (Wildman–Crippen MR) is 136 cm³/mol. The van der Waals surface area contributed by atoms with Crippen LogP contribution in [-0.4, -0.2) is 97.1 Å². The van der Waals surface area contributed by atoms with Gasteiger partial charge in [-0.2, -0.15) is 9.29 Å². The van der Waals surface area contributed by atoms with E-state index in [9.17, 15) is 8.42 Å². The molecule has 2 aliphatic rings. The van der Waals surface area contributed by atoms with Gasteiger partial charge in [0.05, 0.1) is 23.8 Å². The first-order chi connectivity index (χ1) is 17.4. The second-order valence-corrected chi connectivity index (χ2v) is 10.7. The molecule has 0 unspecified atom stereocenters. The molecule has 0 bridgehead atoms. The Morgan fingerprint density at radius 3 is 2.42 bits per heavy atom. The number of rotatable bonds is 6. The van der Waals surface area contributed by atoms with Crippen LogP contribution in [0.25, 0.3) is 11.3 Å². The minimum absolute atomic E-state index is 0.179. The number of nitrogen functional groups attached to an aromatic ring is 1. The third kappa shape index (κ3) is 5.38. The van der Waals surface area contributed by atoms with E-state index in [4.69, 9.17) is 20.4 Å². The van der Waals surface area contributed by atoms with Crippen LogP contribution >= 0.6 is 0 Å². The van der Waals surface area contributed by atoms with Gasteiger partial charge >= 0.3 is 0 Å². The lowest BCUT2D eigenvalue weighted by Gasteiger charge is -2.31. The Hall–Kier alpha value is -3.39. The zero-order valence-electron chi connectivity index (χ0n) is 20.0. The van der Waals surface area contributed by atoms with Crippen LogP contribution < -0.4 is 16.0 Å². The van der Waals surface area contributed by atoms with Crippen LogP contribution in [-0.2, 0) is 14.8 Å². The van der Waals surface area contributed by atoms with Gasteiger partial charge in [-0.1, -0.05) is 6.07 Å². The van der Waals surface area contributed by atoms with Crippen molar-refractivity contribution < 1.29 is 13.2 Å². The summed E-state index contributed by atoms with van der Waals surface area (Å²) in [6.07, 6.45) is 3.22. The third-order valence-corrected chi connectivity index (χ3v) is 8.08. The lowest BCUT2D eigenvalue weighted by atomic mass is 10.2. The fourth-order valence-corrected chi connectivity index (χ4v) is 5.55. The average Bonchev–Trinajstić information content (AvgIpc) is 2.90. The molecule has 0 spiro atoms. The number of likely N-dealkylation sites (N-methyl/N-ethyl adjacent to an activating group) is 1. The standard InChI is InChI=1S/C23H29N9O3S/c1-30-5-7-32(8-6-30)36(33,34)19-4-2-3-18(13-19)27-21-14-20(17-15-25-22(24)26-16-17)28-23(29-21)31-9-11-35-12-10-31/h2-4,13-16H,5-12H2,1H3,(H2,24,25,26)(H,27,28,29). The summed E-state index contributed by atoms with van der Waals surface area (Å²) >= 11 is 0. The molecule has 0 aliphatic carbocycles. The Bertz CT molecular complexity index is 1310. The van der Waals surface area contributed by atoms with E-state index in [0.29, 0.717) is 81.2 Å². The summed E-state index contributed by atoms with van der Waals surface area (Å²) in [6.45, 7) is 4.87. The zero-order valence-corrected chi connectivity index (χ0v) is 20.9. The van der Waals surface area contributed by atoms with E-state index < -0.39 is 10.0 Å². The van der Waals surface area contributed by atoms with E-state index in [1.165, 1.54) is 4.31 Å². The van der Waals surface area contributed by atoms with Crippen LogP contribution in [0, 0.1) is 0 Å². The van der Waals surface area contributed by atoms with Crippen molar-refractivity contribution in [1.82, 2.24) is 29.1 Å². The van der Waals surface area contributed by atoms with Gasteiger partial charge in [-0.15, -0.1) is 0 Å². The summed E-state index contributed by atoms with van der Waals surface area (Å²) in [5.41, 5.74) is 7.57. The van der Waals surface area contributed by atoms with Gasteiger partial charge in [0.2, 0.25) is 21.9 Å². The van der Waals surface area contributed by atoms with Crippen molar-refractivity contribution in [2.24, 2.45) is 0 Å². The van der Waals surface area contributed by atoms with Crippen LogP contribution in [0.5, 0.6) is 0 Å². The molecule has 12 nitrogen and oxygen atoms in total. The quantitative estimate of drug-likeness (QED) is 0.490. The molecule has 2 aliphatic heterocycles. The monoisotopic (exact) mass is 511 g/mol. The van der Waals surface area contributed by atoms with Crippen molar-refractivity contribution in [3.8, 4) is 11.3 Å². The van der Waals surface area contributed by atoms with E-state index in [1.807, 2.05) is 18.0 Å². The molecule has 0 saturated carbocycles. The number of piperazine rings is 1.